The van der Waals surface area contributed by atoms with Crippen LogP contribution in [0.5, 0.6) is 0 Å². The van der Waals surface area contributed by atoms with Crippen LogP contribution in [-0.4, -0.2) is 10.8 Å². The Kier molecular flexibility index (Phi) is 3.48. The predicted molar refractivity (Wildman–Crippen MR) is 66.7 cm³/mol. The molecule has 92 valence electrons. The van der Waals surface area contributed by atoms with Crippen molar-refractivity contribution in [1.82, 2.24) is 4.98 Å². The van der Waals surface area contributed by atoms with Crippen molar-refractivity contribution in [2.24, 2.45) is 5.73 Å². The molecule has 1 aromatic carbocycles. The monoisotopic (exact) mass is 244 g/mol. The molecule has 1 heterocycles. The minimum atomic E-state index is -0.346. The van der Waals surface area contributed by atoms with E-state index in [-0.39, 0.29) is 18.1 Å². The maximum Gasteiger partial charge on any atom is 0.193 e. The van der Waals surface area contributed by atoms with Crippen molar-refractivity contribution in [2.45, 2.75) is 13.5 Å². The Morgan fingerprint density at radius 3 is 2.78 bits per heavy atom. The Balaban J connectivity index is 2.41. The molecular weight excluding hydrogens is 231 g/mol. The normalized spacial score (nSPS) is 10.4. The molecule has 0 saturated carbocycles. The molecule has 0 saturated heterocycles. The van der Waals surface area contributed by atoms with E-state index in [4.69, 9.17) is 5.73 Å². The van der Waals surface area contributed by atoms with Gasteiger partial charge in [-0.3, -0.25) is 9.78 Å². The first-order valence-corrected chi connectivity index (χ1v) is 5.57. The maximum absolute atomic E-state index is 13.0. The Bertz CT molecular complexity index is 596. The number of pyridine rings is 1. The molecule has 0 bridgehead atoms. The number of aryl methyl sites for hydroxylation is 1. The van der Waals surface area contributed by atoms with Gasteiger partial charge in [-0.15, -0.1) is 0 Å². The maximum atomic E-state index is 13.0. The average molecular weight is 244 g/mol. The highest BCUT2D eigenvalue weighted by Gasteiger charge is 2.12. The van der Waals surface area contributed by atoms with Crippen LogP contribution in [0.25, 0.3) is 0 Å². The largest absolute Gasteiger partial charge is 0.325 e. The van der Waals surface area contributed by atoms with Gasteiger partial charge in [0.05, 0.1) is 5.69 Å². The van der Waals surface area contributed by atoms with Crippen LogP contribution in [0.15, 0.2) is 36.5 Å². The molecule has 0 atom stereocenters. The van der Waals surface area contributed by atoms with E-state index in [1.165, 1.54) is 18.2 Å². The molecule has 0 radical (unpaired) electrons. The van der Waals surface area contributed by atoms with Gasteiger partial charge in [0, 0.05) is 23.9 Å². The predicted octanol–water partition coefficient (Wildman–Crippen LogP) is 2.22. The highest BCUT2D eigenvalue weighted by atomic mass is 19.1. The van der Waals surface area contributed by atoms with Gasteiger partial charge in [-0.25, -0.2) is 4.39 Å². The minimum absolute atomic E-state index is 0.149. The lowest BCUT2D eigenvalue weighted by molar-refractivity contribution is 0.103. The number of ketones is 1. The zero-order valence-corrected chi connectivity index (χ0v) is 9.98. The average Bonchev–Trinajstić information content (AvgIpc) is 2.38. The first kappa shape index (κ1) is 12.4. The van der Waals surface area contributed by atoms with Crippen LogP contribution in [-0.2, 0) is 6.54 Å². The molecule has 0 aliphatic heterocycles. The Morgan fingerprint density at radius 1 is 1.33 bits per heavy atom. The van der Waals surface area contributed by atoms with Crippen LogP contribution in [0, 0.1) is 12.7 Å². The first-order valence-electron chi connectivity index (χ1n) is 5.57. The van der Waals surface area contributed by atoms with Crippen LogP contribution in [0.1, 0.15) is 27.2 Å². The summed E-state index contributed by atoms with van der Waals surface area (Å²) >= 11 is 0. The summed E-state index contributed by atoms with van der Waals surface area (Å²) in [5.74, 6) is -0.494. The van der Waals surface area contributed by atoms with Crippen LogP contribution in [0.4, 0.5) is 4.39 Å². The van der Waals surface area contributed by atoms with E-state index in [1.807, 2.05) is 0 Å². The Morgan fingerprint density at radius 2 is 2.11 bits per heavy atom. The number of aromatic nitrogens is 1. The Labute approximate surface area is 104 Å². The number of benzene rings is 1. The molecule has 2 aromatic rings. The number of nitrogens with zero attached hydrogens (tertiary/aromatic N) is 1. The lowest BCUT2D eigenvalue weighted by atomic mass is 9.99. The molecule has 18 heavy (non-hydrogen) atoms. The lowest BCUT2D eigenvalue weighted by Gasteiger charge is -2.06. The summed E-state index contributed by atoms with van der Waals surface area (Å²) < 4.78 is 13.0. The molecule has 3 nitrogen and oxygen atoms in total. The van der Waals surface area contributed by atoms with Crippen molar-refractivity contribution in [3.63, 3.8) is 0 Å². The summed E-state index contributed by atoms with van der Waals surface area (Å²) in [5.41, 5.74) is 7.76. The first-order chi connectivity index (χ1) is 8.61. The summed E-state index contributed by atoms with van der Waals surface area (Å²) in [7, 11) is 0. The SMILES string of the molecule is Cc1cc(F)ccc1C(=O)c1ccnc(CN)c1. The molecule has 0 aliphatic rings. The van der Waals surface area contributed by atoms with Gasteiger partial charge in [0.15, 0.2) is 5.78 Å². The number of carbonyl (C=O) groups excluding carboxylic acids is 1. The molecule has 2 rings (SSSR count). The number of rotatable bonds is 3. The number of carbonyl (C=O) groups is 1. The molecule has 0 fully saturated rings. The van der Waals surface area contributed by atoms with E-state index in [9.17, 15) is 9.18 Å². The van der Waals surface area contributed by atoms with Gasteiger partial charge in [-0.05, 0) is 42.8 Å². The van der Waals surface area contributed by atoms with Gasteiger partial charge in [0.25, 0.3) is 0 Å². The molecular formula is C14H13FN2O. The van der Waals surface area contributed by atoms with Crippen molar-refractivity contribution in [1.29, 1.82) is 0 Å². The Hall–Kier alpha value is -2.07. The van der Waals surface area contributed by atoms with E-state index in [2.05, 4.69) is 4.98 Å². The van der Waals surface area contributed by atoms with Crippen molar-refractivity contribution in [3.8, 4) is 0 Å². The van der Waals surface area contributed by atoms with Crippen molar-refractivity contribution < 1.29 is 9.18 Å². The molecule has 0 amide bonds. The van der Waals surface area contributed by atoms with Crippen LogP contribution in [0.2, 0.25) is 0 Å². The van der Waals surface area contributed by atoms with Crippen LogP contribution in [0.3, 0.4) is 0 Å². The van der Waals surface area contributed by atoms with Crippen molar-refractivity contribution in [2.75, 3.05) is 0 Å². The standard InChI is InChI=1S/C14H13FN2O/c1-9-6-11(15)2-3-13(9)14(18)10-4-5-17-12(7-10)8-16/h2-7H,8,16H2,1H3. The third-order valence-corrected chi connectivity index (χ3v) is 2.72. The zero-order valence-electron chi connectivity index (χ0n) is 9.98. The van der Waals surface area contributed by atoms with E-state index in [0.29, 0.717) is 22.4 Å². The zero-order chi connectivity index (χ0) is 13.1. The van der Waals surface area contributed by atoms with Crippen LogP contribution < -0.4 is 5.73 Å². The lowest BCUT2D eigenvalue weighted by Crippen LogP contribution is -2.07. The van der Waals surface area contributed by atoms with E-state index >= 15 is 0 Å². The summed E-state index contributed by atoms with van der Waals surface area (Å²) in [4.78, 5) is 16.3. The third-order valence-electron chi connectivity index (χ3n) is 2.72. The van der Waals surface area contributed by atoms with E-state index in [0.717, 1.165) is 0 Å². The van der Waals surface area contributed by atoms with Crippen LogP contribution >= 0.6 is 0 Å². The number of hydrogen-bond acceptors (Lipinski definition) is 3. The summed E-state index contributed by atoms with van der Waals surface area (Å²) in [6, 6.07) is 7.41. The van der Waals surface area contributed by atoms with E-state index < -0.39 is 0 Å². The highest BCUT2D eigenvalue weighted by molar-refractivity contribution is 6.09. The van der Waals surface area contributed by atoms with Crippen molar-refractivity contribution in [3.05, 3.63) is 64.7 Å². The second-order valence-corrected chi connectivity index (χ2v) is 4.03. The van der Waals surface area contributed by atoms with Gasteiger partial charge in [-0.2, -0.15) is 0 Å². The number of nitrogens with two attached hydrogens (primary N) is 1. The molecule has 0 aliphatic carbocycles. The second-order valence-electron chi connectivity index (χ2n) is 4.03. The number of hydrogen-bond donors (Lipinski definition) is 1. The smallest absolute Gasteiger partial charge is 0.193 e. The summed E-state index contributed by atoms with van der Waals surface area (Å²) in [6.45, 7) is 1.99. The van der Waals surface area contributed by atoms with E-state index in [1.54, 1.807) is 25.3 Å². The van der Waals surface area contributed by atoms with Crippen molar-refractivity contribution >= 4 is 5.78 Å². The third kappa shape index (κ3) is 2.43. The fourth-order valence-corrected chi connectivity index (χ4v) is 1.77. The molecule has 0 unspecified atom stereocenters. The minimum Gasteiger partial charge on any atom is -0.325 e. The highest BCUT2D eigenvalue weighted by Crippen LogP contribution is 2.15. The molecule has 0 spiro atoms. The molecule has 2 N–H and O–H groups in total. The summed E-state index contributed by atoms with van der Waals surface area (Å²) in [6.07, 6.45) is 1.55. The van der Waals surface area contributed by atoms with Gasteiger partial charge in [0.1, 0.15) is 5.82 Å². The fourth-order valence-electron chi connectivity index (χ4n) is 1.77. The quantitative estimate of drug-likeness (QED) is 0.842. The molecule has 1 aromatic heterocycles. The van der Waals surface area contributed by atoms with Gasteiger partial charge < -0.3 is 5.73 Å². The summed E-state index contributed by atoms with van der Waals surface area (Å²) in [5, 5.41) is 0. The molecule has 4 heteroatoms. The van der Waals surface area contributed by atoms with Gasteiger partial charge in [-0.1, -0.05) is 0 Å². The second kappa shape index (κ2) is 5.06. The van der Waals surface area contributed by atoms with Gasteiger partial charge in [0.2, 0.25) is 0 Å². The number of halogens is 1. The topological polar surface area (TPSA) is 56.0 Å². The van der Waals surface area contributed by atoms with Gasteiger partial charge >= 0.3 is 0 Å². The fraction of sp³-hybridized carbons (Fsp3) is 0.143.